The van der Waals surface area contributed by atoms with Crippen molar-refractivity contribution in [3.05, 3.63) is 11.9 Å². The third kappa shape index (κ3) is 4.03. The fraction of sp³-hybridized carbons (Fsp3) is 0.636. The fourth-order valence-electron chi connectivity index (χ4n) is 1.73. The zero-order valence-electron chi connectivity index (χ0n) is 11.3. The van der Waals surface area contributed by atoms with E-state index >= 15 is 0 Å². The summed E-state index contributed by atoms with van der Waals surface area (Å²) >= 11 is 0. The monoisotopic (exact) mass is 289 g/mol. The molecule has 1 heterocycles. The van der Waals surface area contributed by atoms with Crippen LogP contribution in [-0.2, 0) is 21.9 Å². The Labute approximate surface area is 112 Å². The first kappa shape index (κ1) is 15.6. The molecule has 0 bridgehead atoms. The molecule has 0 unspecified atom stereocenters. The van der Waals surface area contributed by atoms with E-state index in [-0.39, 0.29) is 11.3 Å². The van der Waals surface area contributed by atoms with E-state index in [4.69, 9.17) is 5.11 Å². The number of nitrogens with one attached hydrogen (secondary N) is 1. The number of carbonyl (C=O) groups is 1. The molecule has 0 aliphatic carbocycles. The molecule has 1 aromatic heterocycles. The van der Waals surface area contributed by atoms with Gasteiger partial charge in [0.05, 0.1) is 5.69 Å². The molecule has 8 heteroatoms. The van der Waals surface area contributed by atoms with E-state index in [9.17, 15) is 13.2 Å². The average molecular weight is 289 g/mol. The molecule has 0 aliphatic heterocycles. The molecule has 19 heavy (non-hydrogen) atoms. The zero-order chi connectivity index (χ0) is 14.6. The van der Waals surface area contributed by atoms with Gasteiger partial charge in [-0.1, -0.05) is 19.8 Å². The van der Waals surface area contributed by atoms with Gasteiger partial charge in [-0.05, 0) is 13.3 Å². The summed E-state index contributed by atoms with van der Waals surface area (Å²) in [6.07, 6.45) is 3.07. The Morgan fingerprint density at radius 1 is 1.58 bits per heavy atom. The van der Waals surface area contributed by atoms with Crippen molar-refractivity contribution in [3.63, 3.8) is 0 Å². The Kier molecular flexibility index (Phi) is 5.07. The number of carboxylic acids is 1. The number of nitrogens with zero attached hydrogens (tertiary/aromatic N) is 2. The standard InChI is InChI=1S/C11H19N3O4S/c1-4-5-6-9(11(15)16)13-19(17,18)10-7-14(3)12-8(10)2/h7,9,13H,4-6H2,1-3H3,(H,15,16)/t9-/m0/s1. The highest BCUT2D eigenvalue weighted by Crippen LogP contribution is 2.14. The first-order chi connectivity index (χ1) is 8.77. The van der Waals surface area contributed by atoms with Crippen LogP contribution >= 0.6 is 0 Å². The molecule has 1 rings (SSSR count). The molecule has 1 aromatic rings. The van der Waals surface area contributed by atoms with Gasteiger partial charge in [-0.15, -0.1) is 0 Å². The number of aliphatic carboxylic acids is 1. The maximum absolute atomic E-state index is 12.1. The van der Waals surface area contributed by atoms with Gasteiger partial charge >= 0.3 is 5.97 Å². The van der Waals surface area contributed by atoms with Gasteiger partial charge in [0.25, 0.3) is 0 Å². The first-order valence-corrected chi connectivity index (χ1v) is 7.51. The van der Waals surface area contributed by atoms with E-state index in [2.05, 4.69) is 9.82 Å². The molecular weight excluding hydrogens is 270 g/mol. The second kappa shape index (κ2) is 6.16. The molecule has 0 saturated heterocycles. The quantitative estimate of drug-likeness (QED) is 0.767. The summed E-state index contributed by atoms with van der Waals surface area (Å²) in [7, 11) is -2.25. The first-order valence-electron chi connectivity index (χ1n) is 6.03. The molecule has 0 spiro atoms. The molecule has 0 radical (unpaired) electrons. The minimum Gasteiger partial charge on any atom is -0.480 e. The fourth-order valence-corrected chi connectivity index (χ4v) is 3.17. The molecule has 0 amide bonds. The number of sulfonamides is 1. The van der Waals surface area contributed by atoms with Gasteiger partial charge in [0.1, 0.15) is 10.9 Å². The minimum absolute atomic E-state index is 0.0118. The molecule has 0 saturated carbocycles. The van der Waals surface area contributed by atoms with Gasteiger partial charge in [-0.2, -0.15) is 9.82 Å². The number of aromatic nitrogens is 2. The highest BCUT2D eigenvalue weighted by molar-refractivity contribution is 7.89. The molecule has 1 atom stereocenters. The van der Waals surface area contributed by atoms with Crippen LogP contribution in [0.15, 0.2) is 11.1 Å². The predicted molar refractivity (Wildman–Crippen MR) is 69.2 cm³/mol. The van der Waals surface area contributed by atoms with E-state index in [1.807, 2.05) is 6.92 Å². The maximum atomic E-state index is 12.1. The van der Waals surface area contributed by atoms with Crippen molar-refractivity contribution in [1.29, 1.82) is 0 Å². The number of hydrogen-bond donors (Lipinski definition) is 2. The average Bonchev–Trinajstić information content (AvgIpc) is 2.64. The van der Waals surface area contributed by atoms with Crippen LogP contribution in [-0.4, -0.2) is 35.3 Å². The topological polar surface area (TPSA) is 101 Å². The van der Waals surface area contributed by atoms with E-state index in [1.54, 1.807) is 14.0 Å². The normalized spacial score (nSPS) is 13.4. The SMILES string of the molecule is CCCC[C@H](NS(=O)(=O)c1cn(C)nc1C)C(=O)O. The molecule has 7 nitrogen and oxygen atoms in total. The number of carboxylic acid groups (broad SMARTS) is 1. The molecule has 0 aliphatic rings. The van der Waals surface area contributed by atoms with Gasteiger partial charge in [0, 0.05) is 13.2 Å². The molecule has 0 fully saturated rings. The van der Waals surface area contributed by atoms with Gasteiger partial charge in [-0.3, -0.25) is 9.48 Å². The minimum atomic E-state index is -3.86. The van der Waals surface area contributed by atoms with Crippen molar-refractivity contribution in [1.82, 2.24) is 14.5 Å². The second-order valence-electron chi connectivity index (χ2n) is 4.41. The number of hydrogen-bond acceptors (Lipinski definition) is 4. The van der Waals surface area contributed by atoms with Gasteiger partial charge < -0.3 is 5.11 Å². The highest BCUT2D eigenvalue weighted by atomic mass is 32.2. The van der Waals surface area contributed by atoms with Crippen LogP contribution in [0.3, 0.4) is 0 Å². The lowest BCUT2D eigenvalue weighted by atomic mass is 10.1. The van der Waals surface area contributed by atoms with Crippen LogP contribution in [0.1, 0.15) is 31.9 Å². The number of aryl methyl sites for hydroxylation is 2. The third-order valence-corrected chi connectivity index (χ3v) is 4.27. The summed E-state index contributed by atoms with van der Waals surface area (Å²) in [4.78, 5) is 11.1. The van der Waals surface area contributed by atoms with Crippen molar-refractivity contribution < 1.29 is 18.3 Å². The number of rotatable bonds is 7. The van der Waals surface area contributed by atoms with Crippen LogP contribution in [0.25, 0.3) is 0 Å². The molecule has 2 N–H and O–H groups in total. The maximum Gasteiger partial charge on any atom is 0.321 e. The van der Waals surface area contributed by atoms with Crippen LogP contribution < -0.4 is 4.72 Å². The summed E-state index contributed by atoms with van der Waals surface area (Å²) in [5, 5.41) is 13.0. The summed E-state index contributed by atoms with van der Waals surface area (Å²) in [5.74, 6) is -1.17. The lowest BCUT2D eigenvalue weighted by Gasteiger charge is -2.13. The Bertz CT molecular complexity index is 550. The molecule has 108 valence electrons. The smallest absolute Gasteiger partial charge is 0.321 e. The van der Waals surface area contributed by atoms with Crippen molar-refractivity contribution in [2.75, 3.05) is 0 Å². The van der Waals surface area contributed by atoms with Crippen molar-refractivity contribution >= 4 is 16.0 Å². The van der Waals surface area contributed by atoms with Gasteiger partial charge in [-0.25, -0.2) is 8.42 Å². The largest absolute Gasteiger partial charge is 0.480 e. The predicted octanol–water partition coefficient (Wildman–Crippen LogP) is 0.650. The summed E-state index contributed by atoms with van der Waals surface area (Å²) in [6.45, 7) is 3.48. The van der Waals surface area contributed by atoms with E-state index in [0.717, 1.165) is 6.42 Å². The van der Waals surface area contributed by atoms with E-state index in [0.29, 0.717) is 12.1 Å². The summed E-state index contributed by atoms with van der Waals surface area (Å²) in [5.41, 5.74) is 0.342. The van der Waals surface area contributed by atoms with Crippen LogP contribution in [0, 0.1) is 6.92 Å². The highest BCUT2D eigenvalue weighted by Gasteiger charge is 2.27. The molecular formula is C11H19N3O4S. The number of unbranched alkanes of at least 4 members (excludes halogenated alkanes) is 1. The lowest BCUT2D eigenvalue weighted by molar-refractivity contribution is -0.139. The lowest BCUT2D eigenvalue weighted by Crippen LogP contribution is -2.40. The van der Waals surface area contributed by atoms with Crippen LogP contribution in [0.2, 0.25) is 0 Å². The van der Waals surface area contributed by atoms with Gasteiger partial charge in [0.15, 0.2) is 0 Å². The van der Waals surface area contributed by atoms with Gasteiger partial charge in [0.2, 0.25) is 10.0 Å². The molecule has 0 aromatic carbocycles. The van der Waals surface area contributed by atoms with Crippen LogP contribution in [0.5, 0.6) is 0 Å². The van der Waals surface area contributed by atoms with E-state index < -0.39 is 22.0 Å². The zero-order valence-corrected chi connectivity index (χ0v) is 12.1. The Hall–Kier alpha value is -1.41. The Balaban J connectivity index is 2.94. The van der Waals surface area contributed by atoms with Crippen molar-refractivity contribution in [3.8, 4) is 0 Å². The van der Waals surface area contributed by atoms with Crippen LogP contribution in [0.4, 0.5) is 0 Å². The Morgan fingerprint density at radius 3 is 2.63 bits per heavy atom. The van der Waals surface area contributed by atoms with Crippen molar-refractivity contribution in [2.45, 2.75) is 44.0 Å². The third-order valence-electron chi connectivity index (χ3n) is 2.70. The van der Waals surface area contributed by atoms with E-state index in [1.165, 1.54) is 10.9 Å². The second-order valence-corrected chi connectivity index (χ2v) is 6.09. The summed E-state index contributed by atoms with van der Waals surface area (Å²) in [6, 6.07) is -1.11. The summed E-state index contributed by atoms with van der Waals surface area (Å²) < 4.78 is 27.8. The van der Waals surface area contributed by atoms with Crippen molar-refractivity contribution in [2.24, 2.45) is 7.05 Å². The Morgan fingerprint density at radius 2 is 2.21 bits per heavy atom.